The van der Waals surface area contributed by atoms with Gasteiger partial charge in [-0.15, -0.1) is 0 Å². The van der Waals surface area contributed by atoms with Gasteiger partial charge in [0.25, 0.3) is 0 Å². The van der Waals surface area contributed by atoms with E-state index in [-0.39, 0.29) is 17.8 Å². The van der Waals surface area contributed by atoms with Crippen molar-refractivity contribution in [3.05, 3.63) is 130 Å². The lowest BCUT2D eigenvalue weighted by atomic mass is 9.83. The molecule has 0 aromatic heterocycles. The summed E-state index contributed by atoms with van der Waals surface area (Å²) in [4.78, 5) is 1.96. The molecular weight excluding hydrogens is 540 g/mol. The van der Waals surface area contributed by atoms with Gasteiger partial charge in [-0.2, -0.15) is 0 Å². The SMILES string of the molecule is C=CNc1c(Cl)cc(Cl)cc1C1(C)CC(C(=C)N(C=C)c2cc(C)cc(Cl)c2)C(Cc2ccccc2F)N1. The summed E-state index contributed by atoms with van der Waals surface area (Å²) >= 11 is 19.4. The second-order valence-electron chi connectivity index (χ2n) is 9.88. The van der Waals surface area contributed by atoms with Crippen molar-refractivity contribution in [3.8, 4) is 0 Å². The van der Waals surface area contributed by atoms with Gasteiger partial charge in [-0.1, -0.05) is 72.7 Å². The highest BCUT2D eigenvalue weighted by molar-refractivity contribution is 6.36. The Kier molecular flexibility index (Phi) is 8.59. The number of hydrogen-bond acceptors (Lipinski definition) is 3. The van der Waals surface area contributed by atoms with Crippen LogP contribution in [-0.2, 0) is 12.0 Å². The monoisotopic (exact) mass is 569 g/mol. The molecule has 0 aliphatic carbocycles. The fourth-order valence-corrected chi connectivity index (χ4v) is 6.30. The van der Waals surface area contributed by atoms with Crippen LogP contribution in [0.5, 0.6) is 0 Å². The molecular formula is C31H31Cl3FN3. The van der Waals surface area contributed by atoms with Crippen LogP contribution in [0.3, 0.4) is 0 Å². The van der Waals surface area contributed by atoms with Crippen molar-refractivity contribution in [1.29, 1.82) is 0 Å². The number of anilines is 2. The van der Waals surface area contributed by atoms with Crippen LogP contribution in [0.25, 0.3) is 0 Å². The lowest BCUT2D eigenvalue weighted by Gasteiger charge is -2.30. The Labute approximate surface area is 239 Å². The zero-order valence-electron chi connectivity index (χ0n) is 21.5. The van der Waals surface area contributed by atoms with Gasteiger partial charge in [0.15, 0.2) is 0 Å². The van der Waals surface area contributed by atoms with Crippen molar-refractivity contribution in [3.63, 3.8) is 0 Å². The number of rotatable bonds is 9. The first-order valence-corrected chi connectivity index (χ1v) is 13.5. The Morgan fingerprint density at radius 2 is 1.84 bits per heavy atom. The number of aryl methyl sites for hydroxylation is 1. The van der Waals surface area contributed by atoms with E-state index in [4.69, 9.17) is 34.8 Å². The first kappa shape index (κ1) is 28.3. The molecule has 0 spiro atoms. The van der Waals surface area contributed by atoms with Gasteiger partial charge in [-0.05, 0) is 86.0 Å². The van der Waals surface area contributed by atoms with E-state index in [1.165, 1.54) is 6.07 Å². The number of halogens is 4. The second kappa shape index (κ2) is 11.5. The van der Waals surface area contributed by atoms with E-state index in [0.717, 1.165) is 28.2 Å². The second-order valence-corrected chi connectivity index (χ2v) is 11.2. The highest BCUT2D eigenvalue weighted by Crippen LogP contribution is 2.47. The smallest absolute Gasteiger partial charge is 0.126 e. The normalized spacial score (nSPS) is 20.7. The van der Waals surface area contributed by atoms with Crippen LogP contribution in [0, 0.1) is 18.7 Å². The van der Waals surface area contributed by atoms with E-state index in [9.17, 15) is 4.39 Å². The predicted molar refractivity (Wildman–Crippen MR) is 161 cm³/mol. The Hall–Kier alpha value is -2.76. The molecule has 1 saturated heterocycles. The molecule has 3 unspecified atom stereocenters. The van der Waals surface area contributed by atoms with Crippen molar-refractivity contribution in [2.45, 2.75) is 38.3 Å². The van der Waals surface area contributed by atoms with Crippen molar-refractivity contribution in [2.24, 2.45) is 5.92 Å². The fourth-order valence-electron chi connectivity index (χ4n) is 5.46. The minimum absolute atomic E-state index is 0.0915. The molecule has 1 heterocycles. The number of nitrogens with zero attached hydrogens (tertiary/aromatic N) is 1. The Morgan fingerprint density at radius 3 is 2.50 bits per heavy atom. The summed E-state index contributed by atoms with van der Waals surface area (Å²) in [7, 11) is 0. The maximum atomic E-state index is 14.8. The predicted octanol–water partition coefficient (Wildman–Crippen LogP) is 9.25. The molecule has 0 saturated carbocycles. The van der Waals surface area contributed by atoms with Gasteiger partial charge < -0.3 is 15.5 Å². The standard InChI is InChI=1S/C31H31Cl3FN3/c1-6-36-30-26(16-23(33)17-27(30)34)31(5)18-25(29(37-31)14-21-10-8-9-11-28(21)35)20(4)38(7-2)24-13-19(3)12-22(32)15-24/h6-13,15-17,25,29,36-37H,1-2,4,14,18H2,3,5H3. The summed E-state index contributed by atoms with van der Waals surface area (Å²) in [6, 6.07) is 16.1. The molecule has 3 atom stereocenters. The summed E-state index contributed by atoms with van der Waals surface area (Å²) in [6.45, 7) is 16.5. The van der Waals surface area contributed by atoms with E-state index in [2.05, 4.69) is 37.3 Å². The summed E-state index contributed by atoms with van der Waals surface area (Å²) in [5, 5.41) is 8.61. The third kappa shape index (κ3) is 5.79. The Balaban J connectivity index is 1.79. The molecule has 0 radical (unpaired) electrons. The van der Waals surface area contributed by atoms with Crippen LogP contribution in [0.1, 0.15) is 30.0 Å². The summed E-state index contributed by atoms with van der Waals surface area (Å²) in [5.74, 6) is -0.329. The van der Waals surface area contributed by atoms with Crippen LogP contribution in [0.15, 0.2) is 92.4 Å². The number of nitrogens with one attached hydrogen (secondary N) is 2. The molecule has 1 fully saturated rings. The van der Waals surface area contributed by atoms with Gasteiger partial charge in [0.2, 0.25) is 0 Å². The maximum absolute atomic E-state index is 14.8. The van der Waals surface area contributed by atoms with E-state index >= 15 is 0 Å². The van der Waals surface area contributed by atoms with Crippen molar-refractivity contribution in [1.82, 2.24) is 5.32 Å². The van der Waals surface area contributed by atoms with E-state index in [1.807, 2.05) is 48.2 Å². The topological polar surface area (TPSA) is 27.3 Å². The van der Waals surface area contributed by atoms with Gasteiger partial charge in [-0.3, -0.25) is 0 Å². The van der Waals surface area contributed by atoms with Gasteiger partial charge in [0, 0.05) is 45.1 Å². The van der Waals surface area contributed by atoms with Crippen LogP contribution in [0.2, 0.25) is 15.1 Å². The third-order valence-corrected chi connectivity index (χ3v) is 7.87. The zero-order chi connectivity index (χ0) is 27.6. The Bertz CT molecular complexity index is 1370. The maximum Gasteiger partial charge on any atom is 0.126 e. The molecule has 0 bridgehead atoms. The number of hydrogen-bond donors (Lipinski definition) is 2. The molecule has 1 aliphatic rings. The van der Waals surface area contributed by atoms with Crippen LogP contribution in [-0.4, -0.2) is 6.04 Å². The third-order valence-electron chi connectivity index (χ3n) is 7.14. The highest BCUT2D eigenvalue weighted by atomic mass is 35.5. The van der Waals surface area contributed by atoms with Gasteiger partial charge in [-0.25, -0.2) is 4.39 Å². The van der Waals surface area contributed by atoms with Crippen LogP contribution >= 0.6 is 34.8 Å². The minimum atomic E-state index is -0.569. The van der Waals surface area contributed by atoms with E-state index < -0.39 is 5.54 Å². The highest BCUT2D eigenvalue weighted by Gasteiger charge is 2.46. The molecule has 38 heavy (non-hydrogen) atoms. The quantitative estimate of drug-likeness (QED) is 0.268. The molecule has 3 aromatic rings. The first-order chi connectivity index (χ1) is 18.1. The first-order valence-electron chi connectivity index (χ1n) is 12.3. The average Bonchev–Trinajstić information content (AvgIpc) is 3.19. The van der Waals surface area contributed by atoms with Gasteiger partial charge >= 0.3 is 0 Å². The van der Waals surface area contributed by atoms with E-state index in [0.29, 0.717) is 33.5 Å². The molecule has 0 amide bonds. The molecule has 2 N–H and O–H groups in total. The fraction of sp³-hybridized carbons (Fsp3) is 0.226. The van der Waals surface area contributed by atoms with Crippen molar-refractivity contribution < 1.29 is 4.39 Å². The molecule has 3 nitrogen and oxygen atoms in total. The Morgan fingerprint density at radius 1 is 1.13 bits per heavy atom. The summed E-state index contributed by atoms with van der Waals surface area (Å²) < 4.78 is 14.8. The molecule has 7 heteroatoms. The molecule has 198 valence electrons. The zero-order valence-corrected chi connectivity index (χ0v) is 23.8. The largest absolute Gasteiger partial charge is 0.361 e. The lowest BCUT2D eigenvalue weighted by molar-refractivity contribution is 0.404. The average molecular weight is 571 g/mol. The number of benzene rings is 3. The van der Waals surface area contributed by atoms with Crippen LogP contribution in [0.4, 0.5) is 15.8 Å². The molecule has 1 aliphatic heterocycles. The summed E-state index contributed by atoms with van der Waals surface area (Å²) in [6.07, 6.45) is 4.44. The molecule has 3 aromatic carbocycles. The van der Waals surface area contributed by atoms with E-state index in [1.54, 1.807) is 24.5 Å². The molecule has 4 rings (SSSR count). The van der Waals surface area contributed by atoms with Gasteiger partial charge in [0.05, 0.1) is 10.7 Å². The van der Waals surface area contributed by atoms with Gasteiger partial charge in [0.1, 0.15) is 5.82 Å². The van der Waals surface area contributed by atoms with Crippen LogP contribution < -0.4 is 15.5 Å². The van der Waals surface area contributed by atoms with Crippen molar-refractivity contribution >= 4 is 46.2 Å². The lowest BCUT2D eigenvalue weighted by Crippen LogP contribution is -2.40. The van der Waals surface area contributed by atoms with Crippen molar-refractivity contribution in [2.75, 3.05) is 10.2 Å². The minimum Gasteiger partial charge on any atom is -0.361 e. The summed E-state index contributed by atoms with van der Waals surface area (Å²) in [5.41, 5.74) is 4.40.